The average molecular weight is 345 g/mol. The fraction of sp³-hybridized carbons (Fsp3) is 0.471. The fourth-order valence-corrected chi connectivity index (χ4v) is 3.58. The molecule has 1 aliphatic rings. The highest BCUT2D eigenvalue weighted by Crippen LogP contribution is 2.20. The number of nitrogens with two attached hydrogens (primary N) is 1. The van der Waals surface area contributed by atoms with E-state index < -0.39 is 0 Å². The number of hydrogen-bond donors (Lipinski definition) is 2. The summed E-state index contributed by atoms with van der Waals surface area (Å²) in [6, 6.07) is 8.45. The topological polar surface area (TPSA) is 84.1 Å². The Hall–Kier alpha value is -1.99. The second-order valence-electron chi connectivity index (χ2n) is 6.31. The van der Waals surface area contributed by atoms with E-state index in [1.54, 1.807) is 0 Å². The summed E-state index contributed by atoms with van der Waals surface area (Å²) in [4.78, 5) is 14.8. The van der Waals surface area contributed by atoms with Crippen LogP contribution < -0.4 is 11.1 Å². The molecule has 128 valence electrons. The molecule has 1 amide bonds. The summed E-state index contributed by atoms with van der Waals surface area (Å²) in [6.45, 7) is 5.38. The predicted molar refractivity (Wildman–Crippen MR) is 95.6 cm³/mol. The molecule has 0 bridgehead atoms. The first-order valence-electron chi connectivity index (χ1n) is 8.24. The lowest BCUT2D eigenvalue weighted by atomic mass is 9.97. The van der Waals surface area contributed by atoms with Gasteiger partial charge in [0, 0.05) is 18.8 Å². The lowest BCUT2D eigenvalue weighted by molar-refractivity contribution is -0.123. The number of rotatable bonds is 6. The van der Waals surface area contributed by atoms with Crippen LogP contribution >= 0.6 is 11.5 Å². The summed E-state index contributed by atoms with van der Waals surface area (Å²) >= 11 is 1.43. The van der Waals surface area contributed by atoms with Gasteiger partial charge in [0.15, 0.2) is 0 Å². The second kappa shape index (κ2) is 7.72. The number of carbonyl (C=O) groups excluding carboxylic acids is 1. The molecular weight excluding hydrogens is 322 g/mol. The lowest BCUT2D eigenvalue weighted by Crippen LogP contribution is -2.40. The quantitative estimate of drug-likeness (QED) is 0.838. The number of carbonyl (C=O) groups is 1. The first-order chi connectivity index (χ1) is 11.6. The molecule has 2 heterocycles. The molecule has 6 nitrogen and oxygen atoms in total. The maximum Gasteiger partial charge on any atom is 0.221 e. The Kier molecular flexibility index (Phi) is 5.42. The molecule has 2 aromatic rings. The molecule has 1 aliphatic heterocycles. The van der Waals surface area contributed by atoms with Crippen molar-refractivity contribution in [3.8, 4) is 0 Å². The van der Waals surface area contributed by atoms with Gasteiger partial charge >= 0.3 is 0 Å². The number of piperidine rings is 1. The zero-order chi connectivity index (χ0) is 16.9. The number of benzene rings is 1. The number of likely N-dealkylation sites (tertiary alicyclic amines) is 1. The van der Waals surface area contributed by atoms with Crippen molar-refractivity contribution >= 4 is 23.1 Å². The minimum Gasteiger partial charge on any atom is -0.380 e. The van der Waals surface area contributed by atoms with Gasteiger partial charge in [-0.05, 0) is 55.5 Å². The van der Waals surface area contributed by atoms with Crippen LogP contribution in [0, 0.1) is 12.8 Å². The normalized spacial score (nSPS) is 18.5. The van der Waals surface area contributed by atoms with Crippen LogP contribution in [0.15, 0.2) is 24.3 Å². The van der Waals surface area contributed by atoms with Crippen LogP contribution in [0.5, 0.6) is 0 Å². The largest absolute Gasteiger partial charge is 0.380 e. The Morgan fingerprint density at radius 2 is 2.21 bits per heavy atom. The number of aromatic nitrogens is 2. The van der Waals surface area contributed by atoms with E-state index in [4.69, 9.17) is 5.73 Å². The SMILES string of the molecule is Cc1nnsc1CNc1ccc(CN2CCCC(C(N)=O)C2)cc1. The molecule has 1 unspecified atom stereocenters. The van der Waals surface area contributed by atoms with Crippen LogP contribution in [0.1, 0.15) is 29.0 Å². The van der Waals surface area contributed by atoms with Gasteiger partial charge in [-0.2, -0.15) is 0 Å². The van der Waals surface area contributed by atoms with Crippen molar-refractivity contribution in [1.82, 2.24) is 14.5 Å². The number of anilines is 1. The van der Waals surface area contributed by atoms with Gasteiger partial charge in [-0.25, -0.2) is 0 Å². The van der Waals surface area contributed by atoms with Crippen LogP contribution in [0.3, 0.4) is 0 Å². The van der Waals surface area contributed by atoms with Crippen molar-refractivity contribution in [1.29, 1.82) is 0 Å². The Balaban J connectivity index is 1.52. The van der Waals surface area contributed by atoms with E-state index >= 15 is 0 Å². The molecule has 1 fully saturated rings. The van der Waals surface area contributed by atoms with Gasteiger partial charge < -0.3 is 11.1 Å². The number of aryl methyl sites for hydroxylation is 1. The van der Waals surface area contributed by atoms with Gasteiger partial charge in [-0.15, -0.1) is 5.10 Å². The van der Waals surface area contributed by atoms with Crippen molar-refractivity contribution < 1.29 is 4.79 Å². The van der Waals surface area contributed by atoms with Gasteiger partial charge in [0.1, 0.15) is 0 Å². The maximum absolute atomic E-state index is 11.4. The first-order valence-corrected chi connectivity index (χ1v) is 9.01. The first kappa shape index (κ1) is 16.9. The van der Waals surface area contributed by atoms with E-state index in [0.29, 0.717) is 0 Å². The van der Waals surface area contributed by atoms with Crippen LogP contribution in [0.2, 0.25) is 0 Å². The number of amides is 1. The van der Waals surface area contributed by atoms with E-state index in [2.05, 4.69) is 44.1 Å². The third-order valence-corrected chi connectivity index (χ3v) is 5.29. The van der Waals surface area contributed by atoms with E-state index in [9.17, 15) is 4.79 Å². The van der Waals surface area contributed by atoms with Gasteiger partial charge in [-0.3, -0.25) is 9.69 Å². The number of nitrogens with zero attached hydrogens (tertiary/aromatic N) is 3. The van der Waals surface area contributed by atoms with E-state index in [0.717, 1.165) is 55.3 Å². The Morgan fingerprint density at radius 1 is 1.42 bits per heavy atom. The molecule has 3 N–H and O–H groups in total. The predicted octanol–water partition coefficient (Wildman–Crippen LogP) is 2.16. The van der Waals surface area contributed by atoms with E-state index in [-0.39, 0.29) is 11.8 Å². The van der Waals surface area contributed by atoms with E-state index in [1.165, 1.54) is 17.1 Å². The van der Waals surface area contributed by atoms with Crippen LogP contribution in [0.4, 0.5) is 5.69 Å². The molecule has 0 saturated carbocycles. The molecule has 0 radical (unpaired) electrons. The maximum atomic E-state index is 11.4. The van der Waals surface area contributed by atoms with Crippen molar-refractivity contribution in [2.45, 2.75) is 32.9 Å². The fourth-order valence-electron chi connectivity index (χ4n) is 3.01. The molecule has 1 aromatic heterocycles. The molecule has 1 atom stereocenters. The van der Waals surface area contributed by atoms with E-state index in [1.807, 2.05) is 6.92 Å². The summed E-state index contributed by atoms with van der Waals surface area (Å²) in [5.74, 6) is -0.178. The lowest BCUT2D eigenvalue weighted by Gasteiger charge is -2.31. The molecule has 3 rings (SSSR count). The average Bonchev–Trinajstić information content (AvgIpc) is 2.99. The summed E-state index contributed by atoms with van der Waals surface area (Å²) in [5, 5.41) is 7.41. The van der Waals surface area contributed by atoms with Crippen molar-refractivity contribution in [2.24, 2.45) is 11.7 Å². The third kappa shape index (κ3) is 4.30. The minimum absolute atomic E-state index is 0.00376. The number of primary amides is 1. The van der Waals surface area contributed by atoms with Crippen molar-refractivity contribution in [2.75, 3.05) is 18.4 Å². The molecular formula is C17H23N5OS. The Bertz CT molecular complexity index is 685. The highest BCUT2D eigenvalue weighted by molar-refractivity contribution is 7.05. The van der Waals surface area contributed by atoms with Crippen LogP contribution in [0.25, 0.3) is 0 Å². The summed E-state index contributed by atoms with van der Waals surface area (Å²) in [6.07, 6.45) is 1.95. The highest BCUT2D eigenvalue weighted by Gasteiger charge is 2.23. The second-order valence-corrected chi connectivity index (χ2v) is 7.15. The summed E-state index contributed by atoms with van der Waals surface area (Å²) < 4.78 is 3.94. The third-order valence-electron chi connectivity index (χ3n) is 4.47. The molecule has 24 heavy (non-hydrogen) atoms. The van der Waals surface area contributed by atoms with Crippen molar-refractivity contribution in [3.63, 3.8) is 0 Å². The highest BCUT2D eigenvalue weighted by atomic mass is 32.1. The summed E-state index contributed by atoms with van der Waals surface area (Å²) in [7, 11) is 0. The summed E-state index contributed by atoms with van der Waals surface area (Å²) in [5.41, 5.74) is 8.76. The molecule has 0 spiro atoms. The van der Waals surface area contributed by atoms with Gasteiger partial charge in [0.25, 0.3) is 0 Å². The molecule has 1 aromatic carbocycles. The molecule has 0 aliphatic carbocycles. The Labute approximate surface area is 146 Å². The monoisotopic (exact) mass is 345 g/mol. The van der Waals surface area contributed by atoms with Crippen LogP contribution in [-0.2, 0) is 17.9 Å². The minimum atomic E-state index is -0.174. The van der Waals surface area contributed by atoms with Gasteiger partial charge in [0.05, 0.1) is 23.0 Å². The smallest absolute Gasteiger partial charge is 0.221 e. The number of hydrogen-bond acceptors (Lipinski definition) is 6. The molecule has 7 heteroatoms. The van der Waals surface area contributed by atoms with Crippen LogP contribution in [-0.4, -0.2) is 33.5 Å². The standard InChI is InChI=1S/C17H23N5OS/c1-12-16(24-21-20-12)9-19-15-6-4-13(5-7-15)10-22-8-2-3-14(11-22)17(18)23/h4-7,14,19H,2-3,8-11H2,1H3,(H2,18,23). The van der Waals surface area contributed by atoms with Gasteiger partial charge in [0.2, 0.25) is 5.91 Å². The molecule has 1 saturated heterocycles. The van der Waals surface area contributed by atoms with Crippen molar-refractivity contribution in [3.05, 3.63) is 40.4 Å². The zero-order valence-corrected chi connectivity index (χ0v) is 14.7. The van der Waals surface area contributed by atoms with Gasteiger partial charge in [-0.1, -0.05) is 16.6 Å². The zero-order valence-electron chi connectivity index (χ0n) is 13.9. The number of nitrogens with one attached hydrogen (secondary N) is 1. The Morgan fingerprint density at radius 3 is 2.88 bits per heavy atom.